The smallest absolute Gasteiger partial charge is 0.284 e. The van der Waals surface area contributed by atoms with Crippen LogP contribution in [0, 0.1) is 0 Å². The summed E-state index contributed by atoms with van der Waals surface area (Å²) in [5.41, 5.74) is 7.11. The number of carbonyl (C=O) groups excluding carboxylic acids is 1. The van der Waals surface area contributed by atoms with Gasteiger partial charge in [0.05, 0.1) is 0 Å². The summed E-state index contributed by atoms with van der Waals surface area (Å²) in [6, 6.07) is 4.73. The average molecular weight is 215 g/mol. The number of ketones is 1. The molecule has 0 N–H and O–H groups in total. The molecule has 0 radical (unpaired) electrons. The molecule has 0 aromatic heterocycles. The van der Waals surface area contributed by atoms with Crippen LogP contribution in [0.15, 0.2) is 29.4 Å². The number of alkyl halides is 3. The maximum Gasteiger partial charge on any atom is 0.454 e. The number of hydrogen-bond acceptors (Lipinski definition) is 2. The Morgan fingerprint density at radius 1 is 1.33 bits per heavy atom. The Kier molecular flexibility index (Phi) is 2.96. The van der Waals surface area contributed by atoms with Crippen molar-refractivity contribution in [2.24, 2.45) is 5.11 Å². The lowest BCUT2D eigenvalue weighted by atomic mass is 10.1. The van der Waals surface area contributed by atoms with Gasteiger partial charge >= 0.3 is 6.18 Å². The summed E-state index contributed by atoms with van der Waals surface area (Å²) in [7, 11) is 0. The van der Waals surface area contributed by atoms with Gasteiger partial charge in [-0.05, 0) is 5.53 Å². The summed E-state index contributed by atoms with van der Waals surface area (Å²) < 4.78 is 36.2. The fourth-order valence-electron chi connectivity index (χ4n) is 0.954. The van der Waals surface area contributed by atoms with Gasteiger partial charge in [-0.1, -0.05) is 29.4 Å². The van der Waals surface area contributed by atoms with Gasteiger partial charge in [0.25, 0.3) is 5.78 Å². The Balaban J connectivity index is 3.25. The van der Waals surface area contributed by atoms with Gasteiger partial charge in [0.15, 0.2) is 0 Å². The Bertz CT molecular complexity index is 435. The van der Waals surface area contributed by atoms with Crippen LogP contribution in [0.2, 0.25) is 0 Å². The van der Waals surface area contributed by atoms with Crippen molar-refractivity contribution in [2.45, 2.75) is 6.18 Å². The first-order valence-electron chi connectivity index (χ1n) is 3.72. The highest BCUT2D eigenvalue weighted by atomic mass is 19.4. The highest BCUT2D eigenvalue weighted by Crippen LogP contribution is 2.27. The maximum absolute atomic E-state index is 12.1. The molecular weight excluding hydrogens is 211 g/mol. The van der Waals surface area contributed by atoms with Crippen LogP contribution in [0.25, 0.3) is 10.4 Å². The Labute approximate surface area is 82.0 Å². The largest absolute Gasteiger partial charge is 0.454 e. The zero-order valence-corrected chi connectivity index (χ0v) is 7.19. The van der Waals surface area contributed by atoms with Crippen LogP contribution in [0.5, 0.6) is 0 Å². The summed E-state index contributed by atoms with van der Waals surface area (Å²) in [4.78, 5) is 13.2. The van der Waals surface area contributed by atoms with Crippen molar-refractivity contribution >= 4 is 11.5 Å². The SMILES string of the molecule is [N-]=[N+]=Nc1ccccc1C(=O)C(F)(F)F. The quantitative estimate of drug-likeness (QED) is 0.322. The number of carbonyl (C=O) groups is 1. The van der Waals surface area contributed by atoms with Crippen LogP contribution >= 0.6 is 0 Å². The van der Waals surface area contributed by atoms with Crippen LogP contribution in [0.1, 0.15) is 10.4 Å². The Morgan fingerprint density at radius 2 is 1.93 bits per heavy atom. The van der Waals surface area contributed by atoms with Crippen LogP contribution in [0.3, 0.4) is 0 Å². The molecule has 0 amide bonds. The molecule has 0 aliphatic carbocycles. The zero-order chi connectivity index (χ0) is 11.5. The highest BCUT2D eigenvalue weighted by molar-refractivity contribution is 6.04. The van der Waals surface area contributed by atoms with Crippen molar-refractivity contribution < 1.29 is 18.0 Å². The first-order valence-corrected chi connectivity index (χ1v) is 3.72. The molecule has 4 nitrogen and oxygen atoms in total. The molecule has 0 spiro atoms. The standard InChI is InChI=1S/C8H4F3N3O/c9-8(10,11)7(15)5-3-1-2-4-6(5)13-14-12/h1-4H. The molecule has 0 saturated heterocycles. The number of halogens is 3. The van der Waals surface area contributed by atoms with Crippen molar-refractivity contribution in [3.8, 4) is 0 Å². The summed E-state index contributed by atoms with van der Waals surface area (Å²) in [5.74, 6) is -2.02. The lowest BCUT2D eigenvalue weighted by molar-refractivity contribution is -0.0884. The third-order valence-corrected chi connectivity index (χ3v) is 1.56. The van der Waals surface area contributed by atoms with Crippen molar-refractivity contribution in [1.29, 1.82) is 0 Å². The third-order valence-electron chi connectivity index (χ3n) is 1.56. The molecule has 0 fully saturated rings. The first-order chi connectivity index (χ1) is 6.96. The van der Waals surface area contributed by atoms with E-state index in [0.29, 0.717) is 0 Å². The Hall–Kier alpha value is -2.01. The third kappa shape index (κ3) is 2.47. The van der Waals surface area contributed by atoms with Crippen LogP contribution in [-0.4, -0.2) is 12.0 Å². The molecule has 0 heterocycles. The van der Waals surface area contributed by atoms with E-state index in [1.807, 2.05) is 0 Å². The molecule has 7 heteroatoms. The van der Waals surface area contributed by atoms with Gasteiger partial charge in [0.1, 0.15) is 0 Å². The second-order valence-corrected chi connectivity index (χ2v) is 2.53. The average Bonchev–Trinajstić information content (AvgIpc) is 2.17. The topological polar surface area (TPSA) is 65.8 Å². The lowest BCUT2D eigenvalue weighted by Crippen LogP contribution is -2.22. The summed E-state index contributed by atoms with van der Waals surface area (Å²) in [5, 5.41) is 3.00. The van der Waals surface area contributed by atoms with Crippen molar-refractivity contribution in [1.82, 2.24) is 0 Å². The summed E-state index contributed by atoms with van der Waals surface area (Å²) >= 11 is 0. The van der Waals surface area contributed by atoms with Gasteiger partial charge in [0.2, 0.25) is 0 Å². The Morgan fingerprint density at radius 3 is 2.47 bits per heavy atom. The number of Topliss-reactive ketones (excluding diaryl/α,β-unsaturated/α-hetero) is 1. The number of nitrogens with zero attached hydrogens (tertiary/aromatic N) is 3. The van der Waals surface area contributed by atoms with Gasteiger partial charge in [-0.15, -0.1) is 0 Å². The van der Waals surface area contributed by atoms with E-state index >= 15 is 0 Å². The normalized spacial score (nSPS) is 10.6. The summed E-state index contributed by atoms with van der Waals surface area (Å²) in [6.07, 6.45) is -4.97. The minimum absolute atomic E-state index is 0.331. The first kappa shape index (κ1) is 11.1. The van der Waals surface area contributed by atoms with E-state index in [0.717, 1.165) is 12.1 Å². The lowest BCUT2D eigenvalue weighted by Gasteiger charge is -2.06. The molecule has 1 aromatic carbocycles. The minimum atomic E-state index is -4.97. The van der Waals surface area contributed by atoms with E-state index in [9.17, 15) is 18.0 Å². The van der Waals surface area contributed by atoms with E-state index in [2.05, 4.69) is 10.0 Å². The number of benzene rings is 1. The summed E-state index contributed by atoms with van der Waals surface area (Å²) in [6.45, 7) is 0. The van der Waals surface area contributed by atoms with E-state index < -0.39 is 17.5 Å². The van der Waals surface area contributed by atoms with Gasteiger partial charge in [-0.3, -0.25) is 4.79 Å². The number of hydrogen-bond donors (Lipinski definition) is 0. The van der Waals surface area contributed by atoms with E-state index in [4.69, 9.17) is 5.53 Å². The second-order valence-electron chi connectivity index (χ2n) is 2.53. The monoisotopic (exact) mass is 215 g/mol. The van der Waals surface area contributed by atoms with Crippen molar-refractivity contribution in [3.05, 3.63) is 40.3 Å². The molecule has 15 heavy (non-hydrogen) atoms. The number of azide groups is 1. The molecule has 1 aromatic rings. The van der Waals surface area contributed by atoms with E-state index in [-0.39, 0.29) is 5.69 Å². The second kappa shape index (κ2) is 4.02. The molecule has 0 atom stereocenters. The fourth-order valence-corrected chi connectivity index (χ4v) is 0.954. The van der Waals surface area contributed by atoms with Gasteiger partial charge in [0, 0.05) is 16.2 Å². The van der Waals surface area contributed by atoms with Crippen LogP contribution < -0.4 is 0 Å². The molecular formula is C8H4F3N3O. The predicted molar refractivity (Wildman–Crippen MR) is 45.6 cm³/mol. The number of rotatable bonds is 2. The van der Waals surface area contributed by atoms with Gasteiger partial charge in [-0.2, -0.15) is 13.2 Å². The predicted octanol–water partition coefficient (Wildman–Crippen LogP) is 3.37. The van der Waals surface area contributed by atoms with Gasteiger partial charge < -0.3 is 0 Å². The van der Waals surface area contributed by atoms with Crippen molar-refractivity contribution in [3.63, 3.8) is 0 Å². The molecule has 0 saturated carbocycles. The van der Waals surface area contributed by atoms with E-state index in [1.165, 1.54) is 12.1 Å². The molecule has 78 valence electrons. The van der Waals surface area contributed by atoms with Crippen LogP contribution in [0.4, 0.5) is 18.9 Å². The van der Waals surface area contributed by atoms with Gasteiger partial charge in [-0.25, -0.2) is 0 Å². The van der Waals surface area contributed by atoms with Crippen LogP contribution in [-0.2, 0) is 0 Å². The fraction of sp³-hybridized carbons (Fsp3) is 0.125. The van der Waals surface area contributed by atoms with Crippen molar-refractivity contribution in [2.75, 3.05) is 0 Å². The molecule has 1 rings (SSSR count). The molecule has 0 unspecified atom stereocenters. The molecule has 0 bridgehead atoms. The maximum atomic E-state index is 12.1. The zero-order valence-electron chi connectivity index (χ0n) is 7.19. The molecule has 0 aliphatic heterocycles. The molecule has 0 aliphatic rings. The van der Waals surface area contributed by atoms with E-state index in [1.54, 1.807) is 0 Å². The highest BCUT2D eigenvalue weighted by Gasteiger charge is 2.40. The minimum Gasteiger partial charge on any atom is -0.284 e.